The van der Waals surface area contributed by atoms with Crippen LogP contribution in [0.3, 0.4) is 0 Å². The fraction of sp³-hybridized carbons (Fsp3) is 0.625. The number of nitrogens with one attached hydrogen (secondary N) is 1. The Labute approximate surface area is 115 Å². The Morgan fingerprint density at radius 2 is 2.11 bits per heavy atom. The molecular weight excluding hydrogens is 236 g/mol. The van der Waals surface area contributed by atoms with Crippen molar-refractivity contribution >= 4 is 0 Å². The summed E-state index contributed by atoms with van der Waals surface area (Å²) in [6, 6.07) is 10.0. The minimum absolute atomic E-state index is 0.754. The maximum Gasteiger partial charge on any atom is 0.118 e. The Morgan fingerprint density at radius 3 is 2.89 bits per heavy atom. The summed E-state index contributed by atoms with van der Waals surface area (Å²) in [7, 11) is 1.72. The number of piperazine rings is 1. The first-order valence-corrected chi connectivity index (χ1v) is 7.47. The Morgan fingerprint density at radius 1 is 1.26 bits per heavy atom. The highest BCUT2D eigenvalue weighted by atomic mass is 16.5. The zero-order valence-corrected chi connectivity index (χ0v) is 11.8. The lowest BCUT2D eigenvalue weighted by Gasteiger charge is -2.38. The average molecular weight is 260 g/mol. The molecule has 104 valence electrons. The van der Waals surface area contributed by atoms with Crippen LogP contribution in [-0.2, 0) is 6.42 Å². The van der Waals surface area contributed by atoms with E-state index in [0.717, 1.165) is 30.8 Å². The molecule has 19 heavy (non-hydrogen) atoms. The summed E-state index contributed by atoms with van der Waals surface area (Å²) >= 11 is 0. The number of nitrogens with zero attached hydrogens (tertiary/aromatic N) is 1. The third-order valence-corrected chi connectivity index (χ3v) is 4.60. The third kappa shape index (κ3) is 2.93. The summed E-state index contributed by atoms with van der Waals surface area (Å²) in [6.07, 6.45) is 5.28. The second-order valence-electron chi connectivity index (χ2n) is 5.69. The van der Waals surface area contributed by atoms with Crippen LogP contribution in [0.2, 0.25) is 0 Å². The molecule has 0 amide bonds. The van der Waals surface area contributed by atoms with Crippen LogP contribution in [-0.4, -0.2) is 43.7 Å². The van der Waals surface area contributed by atoms with Crippen LogP contribution in [0.25, 0.3) is 0 Å². The third-order valence-electron chi connectivity index (χ3n) is 4.60. The fourth-order valence-electron chi connectivity index (χ4n) is 3.52. The Balaban J connectivity index is 1.55. The second kappa shape index (κ2) is 5.93. The van der Waals surface area contributed by atoms with Crippen molar-refractivity contribution < 1.29 is 4.74 Å². The van der Waals surface area contributed by atoms with E-state index in [1.807, 2.05) is 0 Å². The van der Waals surface area contributed by atoms with Crippen molar-refractivity contribution in [1.29, 1.82) is 0 Å². The largest absolute Gasteiger partial charge is 0.497 e. The van der Waals surface area contributed by atoms with Crippen molar-refractivity contribution in [3.63, 3.8) is 0 Å². The first kappa shape index (κ1) is 12.9. The summed E-state index contributed by atoms with van der Waals surface area (Å²) in [4.78, 5) is 2.69. The van der Waals surface area contributed by atoms with Crippen molar-refractivity contribution in [2.24, 2.45) is 0 Å². The molecule has 2 unspecified atom stereocenters. The van der Waals surface area contributed by atoms with Crippen molar-refractivity contribution in [2.45, 2.75) is 37.8 Å². The number of methoxy groups -OCH3 is 1. The molecule has 1 aromatic rings. The monoisotopic (exact) mass is 260 g/mol. The van der Waals surface area contributed by atoms with Crippen LogP contribution >= 0.6 is 0 Å². The molecule has 1 saturated heterocycles. The van der Waals surface area contributed by atoms with E-state index in [1.165, 1.54) is 37.9 Å². The molecule has 3 nitrogen and oxygen atoms in total. The number of ether oxygens (including phenoxy) is 1. The zero-order chi connectivity index (χ0) is 13.1. The Bertz CT molecular complexity index is 404. The maximum absolute atomic E-state index is 5.20. The van der Waals surface area contributed by atoms with Gasteiger partial charge in [0.15, 0.2) is 0 Å². The molecule has 1 saturated carbocycles. The average Bonchev–Trinajstić information content (AvgIpc) is 2.94. The van der Waals surface area contributed by atoms with Gasteiger partial charge >= 0.3 is 0 Å². The van der Waals surface area contributed by atoms with Gasteiger partial charge in [-0.2, -0.15) is 0 Å². The molecule has 0 radical (unpaired) electrons. The van der Waals surface area contributed by atoms with Gasteiger partial charge in [0, 0.05) is 31.7 Å². The molecule has 2 fully saturated rings. The van der Waals surface area contributed by atoms with E-state index in [4.69, 9.17) is 4.74 Å². The fourth-order valence-corrected chi connectivity index (χ4v) is 3.52. The van der Waals surface area contributed by atoms with E-state index >= 15 is 0 Å². The summed E-state index contributed by atoms with van der Waals surface area (Å²) in [6.45, 7) is 3.55. The number of benzene rings is 1. The van der Waals surface area contributed by atoms with Gasteiger partial charge in [-0.1, -0.05) is 18.6 Å². The number of hydrogen-bond acceptors (Lipinski definition) is 3. The van der Waals surface area contributed by atoms with Gasteiger partial charge in [0.05, 0.1) is 7.11 Å². The first-order chi connectivity index (χ1) is 9.36. The van der Waals surface area contributed by atoms with Crippen LogP contribution in [0.15, 0.2) is 24.3 Å². The maximum atomic E-state index is 5.20. The molecule has 0 aromatic heterocycles. The number of rotatable bonds is 4. The molecule has 1 aromatic carbocycles. The molecule has 0 spiro atoms. The highest BCUT2D eigenvalue weighted by molar-refractivity contribution is 5.27. The molecule has 3 rings (SSSR count). The molecular formula is C16H24N2O. The van der Waals surface area contributed by atoms with E-state index in [2.05, 4.69) is 34.5 Å². The minimum atomic E-state index is 0.754. The summed E-state index contributed by atoms with van der Waals surface area (Å²) < 4.78 is 5.20. The van der Waals surface area contributed by atoms with Gasteiger partial charge in [-0.3, -0.25) is 4.90 Å². The normalized spacial score (nSPS) is 27.2. The van der Waals surface area contributed by atoms with E-state index in [1.54, 1.807) is 7.11 Å². The van der Waals surface area contributed by atoms with Crippen LogP contribution in [0.5, 0.6) is 5.75 Å². The van der Waals surface area contributed by atoms with Crippen LogP contribution in [0.4, 0.5) is 0 Å². The highest BCUT2D eigenvalue weighted by Crippen LogP contribution is 2.26. The predicted octanol–water partition coefficient (Wildman–Crippen LogP) is 2.06. The quantitative estimate of drug-likeness (QED) is 0.897. The Kier molecular flexibility index (Phi) is 4.04. The molecule has 1 aliphatic carbocycles. The van der Waals surface area contributed by atoms with Gasteiger partial charge in [-0.25, -0.2) is 0 Å². The molecule has 1 heterocycles. The molecule has 1 N–H and O–H groups in total. The molecule has 0 bridgehead atoms. The Hall–Kier alpha value is -1.06. The molecule has 2 atom stereocenters. The number of hydrogen-bond donors (Lipinski definition) is 1. The van der Waals surface area contributed by atoms with Crippen LogP contribution in [0.1, 0.15) is 24.8 Å². The van der Waals surface area contributed by atoms with E-state index in [-0.39, 0.29) is 0 Å². The zero-order valence-electron chi connectivity index (χ0n) is 11.8. The SMILES string of the molecule is COc1ccc(CCN2CCNC3CCCC32)cc1. The molecule has 2 aliphatic rings. The van der Waals surface area contributed by atoms with Gasteiger partial charge in [0.25, 0.3) is 0 Å². The standard InChI is InChI=1S/C16H24N2O/c1-19-14-7-5-13(6-8-14)9-11-18-12-10-17-15-3-2-4-16(15)18/h5-8,15-17H,2-4,9-12H2,1H3. The van der Waals surface area contributed by atoms with Gasteiger partial charge in [-0.05, 0) is 37.0 Å². The van der Waals surface area contributed by atoms with Crippen molar-refractivity contribution in [3.8, 4) is 5.75 Å². The topological polar surface area (TPSA) is 24.5 Å². The summed E-state index contributed by atoms with van der Waals surface area (Å²) in [5, 5.41) is 3.67. The van der Waals surface area contributed by atoms with Crippen molar-refractivity contribution in [2.75, 3.05) is 26.7 Å². The lowest BCUT2D eigenvalue weighted by atomic mass is 10.1. The van der Waals surface area contributed by atoms with E-state index in [0.29, 0.717) is 0 Å². The summed E-state index contributed by atoms with van der Waals surface area (Å²) in [5.41, 5.74) is 1.41. The van der Waals surface area contributed by atoms with Crippen LogP contribution in [0, 0.1) is 0 Å². The first-order valence-electron chi connectivity index (χ1n) is 7.47. The van der Waals surface area contributed by atoms with Gasteiger partial charge in [-0.15, -0.1) is 0 Å². The predicted molar refractivity (Wildman–Crippen MR) is 77.7 cm³/mol. The van der Waals surface area contributed by atoms with Gasteiger partial charge < -0.3 is 10.1 Å². The smallest absolute Gasteiger partial charge is 0.118 e. The highest BCUT2D eigenvalue weighted by Gasteiger charge is 2.34. The van der Waals surface area contributed by atoms with Crippen molar-refractivity contribution in [1.82, 2.24) is 10.2 Å². The van der Waals surface area contributed by atoms with Crippen LogP contribution < -0.4 is 10.1 Å². The minimum Gasteiger partial charge on any atom is -0.497 e. The van der Waals surface area contributed by atoms with Crippen molar-refractivity contribution in [3.05, 3.63) is 29.8 Å². The lowest BCUT2D eigenvalue weighted by Crippen LogP contribution is -2.55. The summed E-state index contributed by atoms with van der Waals surface area (Å²) in [5.74, 6) is 0.946. The van der Waals surface area contributed by atoms with E-state index < -0.39 is 0 Å². The van der Waals surface area contributed by atoms with E-state index in [9.17, 15) is 0 Å². The van der Waals surface area contributed by atoms with Gasteiger partial charge in [0.1, 0.15) is 5.75 Å². The molecule has 1 aliphatic heterocycles. The molecule has 3 heteroatoms. The van der Waals surface area contributed by atoms with Gasteiger partial charge in [0.2, 0.25) is 0 Å². The lowest BCUT2D eigenvalue weighted by molar-refractivity contribution is 0.138. The number of fused-ring (bicyclic) bond motifs is 1. The second-order valence-corrected chi connectivity index (χ2v) is 5.69.